The van der Waals surface area contributed by atoms with Gasteiger partial charge >= 0.3 is 23.9 Å². The van der Waals surface area contributed by atoms with Crippen LogP contribution < -0.4 is 5.32 Å². The van der Waals surface area contributed by atoms with E-state index in [9.17, 15) is 19.2 Å². The van der Waals surface area contributed by atoms with Crippen molar-refractivity contribution in [2.24, 2.45) is 11.8 Å². The third kappa shape index (κ3) is 18.2. The molecule has 0 atom stereocenters. The normalized spacial score (nSPS) is 17.2. The van der Waals surface area contributed by atoms with E-state index in [1.807, 2.05) is 46.4 Å². The fraction of sp³-hybridized carbons (Fsp3) is 0.846. The molecule has 0 bridgehead atoms. The number of piperidine rings is 2. The van der Waals surface area contributed by atoms with Crippen molar-refractivity contribution in [1.82, 2.24) is 10.2 Å². The summed E-state index contributed by atoms with van der Waals surface area (Å²) in [6, 6.07) is 0. The predicted octanol–water partition coefficient (Wildman–Crippen LogP) is 3.10. The number of likely N-dealkylation sites (tertiary alicyclic amines) is 1. The van der Waals surface area contributed by atoms with E-state index >= 15 is 0 Å². The number of esters is 4. The van der Waals surface area contributed by atoms with Gasteiger partial charge in [0, 0.05) is 0 Å². The Kier molecular flexibility index (Phi) is 16.9. The molecule has 216 valence electrons. The Morgan fingerprint density at radius 2 is 1.16 bits per heavy atom. The molecule has 2 fully saturated rings. The highest BCUT2D eigenvalue weighted by atomic mass is 79.9. The highest BCUT2D eigenvalue weighted by Crippen LogP contribution is 2.18. The molecule has 11 heteroatoms. The third-order valence-corrected chi connectivity index (χ3v) is 5.76. The first-order valence-corrected chi connectivity index (χ1v) is 13.8. The molecule has 2 heterocycles. The molecule has 0 aliphatic carbocycles. The summed E-state index contributed by atoms with van der Waals surface area (Å²) in [4.78, 5) is 46.5. The monoisotopic (exact) mass is 594 g/mol. The van der Waals surface area contributed by atoms with Crippen molar-refractivity contribution < 1.29 is 38.1 Å². The lowest BCUT2D eigenvalue weighted by molar-refractivity contribution is -0.157. The molecule has 2 rings (SSSR count). The zero-order valence-corrected chi connectivity index (χ0v) is 25.4. The van der Waals surface area contributed by atoms with Gasteiger partial charge in [-0.25, -0.2) is 0 Å². The van der Waals surface area contributed by atoms with Crippen molar-refractivity contribution in [2.75, 3.05) is 52.3 Å². The quantitative estimate of drug-likeness (QED) is 0.289. The smallest absolute Gasteiger partial charge is 0.320 e. The van der Waals surface area contributed by atoms with Gasteiger partial charge in [-0.3, -0.25) is 24.1 Å². The number of ether oxygens (including phenoxy) is 4. The van der Waals surface area contributed by atoms with Crippen LogP contribution in [0.2, 0.25) is 0 Å². The average Bonchev–Trinajstić information content (AvgIpc) is 2.82. The van der Waals surface area contributed by atoms with Crippen molar-refractivity contribution >= 4 is 39.8 Å². The molecule has 2 saturated heterocycles. The molecule has 1 N–H and O–H groups in total. The van der Waals surface area contributed by atoms with Crippen molar-refractivity contribution in [3.8, 4) is 0 Å². The molecular weight excluding hydrogens is 548 g/mol. The van der Waals surface area contributed by atoms with E-state index < -0.39 is 5.60 Å². The van der Waals surface area contributed by atoms with Crippen molar-refractivity contribution in [3.05, 3.63) is 0 Å². The van der Waals surface area contributed by atoms with Crippen LogP contribution in [0.1, 0.15) is 67.2 Å². The molecule has 0 aromatic heterocycles. The summed E-state index contributed by atoms with van der Waals surface area (Å²) in [5.41, 5.74) is -0.799. The molecule has 2 aliphatic rings. The molecule has 2 aliphatic heterocycles. The summed E-state index contributed by atoms with van der Waals surface area (Å²) >= 11 is 2.99. The van der Waals surface area contributed by atoms with Gasteiger partial charge in [-0.2, -0.15) is 0 Å². The van der Waals surface area contributed by atoms with Crippen LogP contribution in [0.15, 0.2) is 0 Å². The molecule has 0 aromatic carbocycles. The van der Waals surface area contributed by atoms with Crippen LogP contribution in [0.3, 0.4) is 0 Å². The molecule has 0 amide bonds. The largest absolute Gasteiger partial charge is 0.469 e. The van der Waals surface area contributed by atoms with Crippen LogP contribution in [0.5, 0.6) is 0 Å². The van der Waals surface area contributed by atoms with Gasteiger partial charge in [-0.05, 0) is 93.4 Å². The van der Waals surface area contributed by atoms with Gasteiger partial charge in [0.25, 0.3) is 0 Å². The maximum Gasteiger partial charge on any atom is 0.320 e. The topological polar surface area (TPSA) is 120 Å². The number of carbonyl (C=O) groups excluding carboxylic acids is 4. The van der Waals surface area contributed by atoms with Gasteiger partial charge in [0.15, 0.2) is 0 Å². The highest BCUT2D eigenvalue weighted by Gasteiger charge is 2.27. The number of halogens is 1. The summed E-state index contributed by atoms with van der Waals surface area (Å²) < 4.78 is 19.5. The van der Waals surface area contributed by atoms with Gasteiger partial charge in [-0.1, -0.05) is 15.9 Å². The molecular formula is C26H47BrN2O8. The molecule has 0 unspecified atom stereocenters. The summed E-state index contributed by atoms with van der Waals surface area (Å²) in [6.07, 6.45) is 3.34. The van der Waals surface area contributed by atoms with Gasteiger partial charge in [0.05, 0.1) is 32.6 Å². The molecule has 0 spiro atoms. The lowest BCUT2D eigenvalue weighted by atomic mass is 9.97. The lowest BCUT2D eigenvalue weighted by Crippen LogP contribution is -2.41. The first-order valence-electron chi connectivity index (χ1n) is 12.7. The summed E-state index contributed by atoms with van der Waals surface area (Å²) in [5.74, 6) is -0.508. The van der Waals surface area contributed by atoms with E-state index in [0.717, 1.165) is 51.9 Å². The van der Waals surface area contributed by atoms with E-state index in [1.54, 1.807) is 0 Å². The second-order valence-electron chi connectivity index (χ2n) is 10.9. The first kappa shape index (κ1) is 35.3. The maximum atomic E-state index is 11.6. The molecule has 37 heavy (non-hydrogen) atoms. The summed E-state index contributed by atoms with van der Waals surface area (Å²) in [5, 5.41) is 3.45. The molecule has 0 saturated carbocycles. The number of nitrogens with one attached hydrogen (secondary N) is 1. The third-order valence-electron chi connectivity index (χ3n) is 5.30. The van der Waals surface area contributed by atoms with E-state index in [2.05, 4.69) is 26.0 Å². The Balaban J connectivity index is 0.000000577. The standard InChI is InChI=1S/C13H23NO4.C7H13NO2.C6H11BrO2/c1-13(2,3)18-11(15)9-14-7-5-10(6-8-14)12(16)17-4;1-10-7(9)6-2-4-8-5-3-6;1-6(2,3)9-5(8)4-7/h10H,5-9H2,1-4H3;6,8H,2-5H2,1H3;4H2,1-3H3. The van der Waals surface area contributed by atoms with Crippen LogP contribution in [-0.2, 0) is 38.1 Å². The molecule has 0 aromatic rings. The summed E-state index contributed by atoms with van der Waals surface area (Å²) in [6.45, 7) is 14.7. The van der Waals surface area contributed by atoms with Gasteiger partial charge < -0.3 is 24.3 Å². The first-order chi connectivity index (χ1) is 17.1. The number of rotatable bonds is 5. The van der Waals surface area contributed by atoms with Crippen LogP contribution in [0, 0.1) is 11.8 Å². The van der Waals surface area contributed by atoms with E-state index in [1.165, 1.54) is 14.2 Å². The fourth-order valence-electron chi connectivity index (χ4n) is 3.64. The maximum absolute atomic E-state index is 11.6. The molecule has 10 nitrogen and oxygen atoms in total. The van der Waals surface area contributed by atoms with Crippen LogP contribution in [-0.4, -0.2) is 92.3 Å². The minimum Gasteiger partial charge on any atom is -0.469 e. The van der Waals surface area contributed by atoms with Gasteiger partial charge in [0.1, 0.15) is 16.5 Å². The lowest BCUT2D eigenvalue weighted by Gasteiger charge is -2.30. The number of nitrogens with zero attached hydrogens (tertiary/aromatic N) is 1. The number of hydrogen-bond acceptors (Lipinski definition) is 10. The number of methoxy groups -OCH3 is 2. The number of hydrogen-bond donors (Lipinski definition) is 1. The Hall–Kier alpha value is -1.72. The minimum atomic E-state index is -0.443. The Morgan fingerprint density at radius 1 is 0.757 bits per heavy atom. The Morgan fingerprint density at radius 3 is 1.51 bits per heavy atom. The summed E-state index contributed by atoms with van der Waals surface area (Å²) in [7, 11) is 2.86. The van der Waals surface area contributed by atoms with Crippen molar-refractivity contribution in [2.45, 2.75) is 78.4 Å². The zero-order valence-electron chi connectivity index (χ0n) is 23.8. The SMILES string of the molecule is CC(C)(C)OC(=O)CBr.COC(=O)C1CCN(CC(=O)OC(C)(C)C)CC1.COC(=O)C1CCNCC1. The number of alkyl halides is 1. The fourth-order valence-corrected chi connectivity index (χ4v) is 3.76. The number of carbonyl (C=O) groups is 4. The predicted molar refractivity (Wildman–Crippen MR) is 144 cm³/mol. The Bertz CT molecular complexity index is 704. The van der Waals surface area contributed by atoms with Crippen molar-refractivity contribution in [1.29, 1.82) is 0 Å². The van der Waals surface area contributed by atoms with Gasteiger partial charge in [-0.15, -0.1) is 0 Å². The van der Waals surface area contributed by atoms with Crippen molar-refractivity contribution in [3.63, 3.8) is 0 Å². The second-order valence-corrected chi connectivity index (χ2v) is 11.5. The Labute approximate surface area is 230 Å². The van der Waals surface area contributed by atoms with E-state index in [4.69, 9.17) is 14.2 Å². The minimum absolute atomic E-state index is 0.0233. The molecule has 0 radical (unpaired) electrons. The van der Waals surface area contributed by atoms with E-state index in [-0.39, 0.29) is 46.6 Å². The van der Waals surface area contributed by atoms with E-state index in [0.29, 0.717) is 6.54 Å². The van der Waals surface area contributed by atoms with Crippen LogP contribution >= 0.6 is 15.9 Å². The second kappa shape index (κ2) is 17.7. The van der Waals surface area contributed by atoms with Crippen LogP contribution in [0.25, 0.3) is 0 Å². The van der Waals surface area contributed by atoms with Crippen LogP contribution in [0.4, 0.5) is 0 Å². The highest BCUT2D eigenvalue weighted by molar-refractivity contribution is 9.09. The zero-order chi connectivity index (χ0) is 28.6. The average molecular weight is 596 g/mol. The van der Waals surface area contributed by atoms with Gasteiger partial charge in [0.2, 0.25) is 0 Å².